The molecule has 0 spiro atoms. The Morgan fingerprint density at radius 3 is 2.96 bits per heavy atom. The van der Waals surface area contributed by atoms with E-state index in [1.54, 1.807) is 0 Å². The molecular formula is C19H27ClN4O. The molecule has 1 aliphatic carbocycles. The van der Waals surface area contributed by atoms with Crippen molar-refractivity contribution >= 4 is 24.1 Å². The molecule has 2 unspecified atom stereocenters. The van der Waals surface area contributed by atoms with Gasteiger partial charge in [0, 0.05) is 18.0 Å². The number of nitrogens with one attached hydrogen (secondary N) is 1. The Morgan fingerprint density at radius 1 is 1.44 bits per heavy atom. The summed E-state index contributed by atoms with van der Waals surface area (Å²) in [4.78, 5) is 12.2. The summed E-state index contributed by atoms with van der Waals surface area (Å²) in [6.07, 6.45) is 6.25. The zero-order valence-corrected chi connectivity index (χ0v) is 15.7. The van der Waals surface area contributed by atoms with Gasteiger partial charge >= 0.3 is 0 Å². The van der Waals surface area contributed by atoms with Gasteiger partial charge in [-0.1, -0.05) is 24.3 Å². The molecule has 3 rings (SSSR count). The smallest absolute Gasteiger partial charge is 0.225 e. The van der Waals surface area contributed by atoms with Gasteiger partial charge in [0.25, 0.3) is 0 Å². The molecule has 2 atom stereocenters. The maximum atomic E-state index is 12.2. The summed E-state index contributed by atoms with van der Waals surface area (Å²) >= 11 is 0. The van der Waals surface area contributed by atoms with Gasteiger partial charge in [-0.25, -0.2) is 4.68 Å². The van der Waals surface area contributed by atoms with Crippen LogP contribution in [0.3, 0.4) is 0 Å². The molecule has 1 amide bonds. The van der Waals surface area contributed by atoms with E-state index in [4.69, 9.17) is 5.73 Å². The summed E-state index contributed by atoms with van der Waals surface area (Å²) in [5.41, 5.74) is 9.44. The number of carbonyl (C=O) groups excluding carboxylic acids is 1. The average Bonchev–Trinajstić information content (AvgIpc) is 2.93. The Balaban J connectivity index is 0.00000225. The SMILES string of the molecule is Cc1cnn(C2CCCc3ccccc32)c1NC(=O)CCC(C)N.Cl. The van der Waals surface area contributed by atoms with Crippen molar-refractivity contribution in [2.45, 2.75) is 58.0 Å². The summed E-state index contributed by atoms with van der Waals surface area (Å²) in [5, 5.41) is 7.61. The number of benzene rings is 1. The summed E-state index contributed by atoms with van der Waals surface area (Å²) < 4.78 is 1.98. The van der Waals surface area contributed by atoms with Gasteiger partial charge in [0.1, 0.15) is 5.82 Å². The van der Waals surface area contributed by atoms with E-state index in [1.165, 1.54) is 11.1 Å². The standard InChI is InChI=1S/C19H26N4O.ClH/c1-13-12-21-23(19(13)22-18(24)11-10-14(2)20)17-9-5-7-15-6-3-4-8-16(15)17;/h3-4,6,8,12,14,17H,5,7,9-11,20H2,1-2H3,(H,22,24);1H. The van der Waals surface area contributed by atoms with Crippen LogP contribution in [0.5, 0.6) is 0 Å². The molecule has 0 radical (unpaired) electrons. The van der Waals surface area contributed by atoms with E-state index in [0.29, 0.717) is 12.8 Å². The lowest BCUT2D eigenvalue weighted by molar-refractivity contribution is -0.116. The number of halogens is 1. The van der Waals surface area contributed by atoms with Gasteiger partial charge in [0.05, 0.1) is 12.2 Å². The number of carbonyl (C=O) groups is 1. The van der Waals surface area contributed by atoms with E-state index in [-0.39, 0.29) is 30.4 Å². The van der Waals surface area contributed by atoms with Gasteiger partial charge in [-0.3, -0.25) is 4.79 Å². The van der Waals surface area contributed by atoms with Gasteiger partial charge < -0.3 is 11.1 Å². The van der Waals surface area contributed by atoms with Crippen molar-refractivity contribution < 1.29 is 4.79 Å². The van der Waals surface area contributed by atoms with Crippen LogP contribution in [0.25, 0.3) is 0 Å². The van der Waals surface area contributed by atoms with Crippen molar-refractivity contribution in [2.75, 3.05) is 5.32 Å². The summed E-state index contributed by atoms with van der Waals surface area (Å²) in [7, 11) is 0. The molecule has 1 aromatic carbocycles. The highest BCUT2D eigenvalue weighted by Crippen LogP contribution is 2.35. The second-order valence-corrected chi connectivity index (χ2v) is 6.79. The molecule has 6 heteroatoms. The Labute approximate surface area is 155 Å². The predicted molar refractivity (Wildman–Crippen MR) is 103 cm³/mol. The van der Waals surface area contributed by atoms with Gasteiger partial charge in [-0.15, -0.1) is 12.4 Å². The third kappa shape index (κ3) is 4.41. The predicted octanol–water partition coefficient (Wildman–Crippen LogP) is 3.60. The number of fused-ring (bicyclic) bond motifs is 1. The first-order chi connectivity index (χ1) is 11.6. The van der Waals surface area contributed by atoms with Crippen molar-refractivity contribution in [3.05, 3.63) is 47.2 Å². The maximum Gasteiger partial charge on any atom is 0.225 e. The molecule has 0 aliphatic heterocycles. The van der Waals surface area contributed by atoms with Gasteiger partial charge in [-0.2, -0.15) is 5.10 Å². The molecular weight excluding hydrogens is 336 g/mol. The molecule has 25 heavy (non-hydrogen) atoms. The van der Waals surface area contributed by atoms with Crippen LogP contribution >= 0.6 is 12.4 Å². The first kappa shape index (κ1) is 19.5. The van der Waals surface area contributed by atoms with E-state index in [1.807, 2.05) is 24.7 Å². The number of aryl methyl sites for hydroxylation is 2. The Bertz CT molecular complexity index is 726. The highest BCUT2D eigenvalue weighted by atomic mass is 35.5. The Morgan fingerprint density at radius 2 is 2.20 bits per heavy atom. The topological polar surface area (TPSA) is 72.9 Å². The highest BCUT2D eigenvalue weighted by molar-refractivity contribution is 5.90. The summed E-state index contributed by atoms with van der Waals surface area (Å²) in [6, 6.07) is 8.76. The molecule has 2 aromatic rings. The Kier molecular flexibility index (Phi) is 6.62. The minimum atomic E-state index is 0. The second kappa shape index (κ2) is 8.50. The molecule has 1 aliphatic rings. The molecule has 5 nitrogen and oxygen atoms in total. The highest BCUT2D eigenvalue weighted by Gasteiger charge is 2.25. The third-order valence-corrected chi connectivity index (χ3v) is 4.70. The van der Waals surface area contributed by atoms with Crippen molar-refractivity contribution in [3.8, 4) is 0 Å². The number of nitrogens with two attached hydrogens (primary N) is 1. The molecule has 0 bridgehead atoms. The zero-order chi connectivity index (χ0) is 17.1. The monoisotopic (exact) mass is 362 g/mol. The molecule has 0 saturated heterocycles. The lowest BCUT2D eigenvalue weighted by atomic mass is 9.88. The van der Waals surface area contributed by atoms with Crippen molar-refractivity contribution in [2.24, 2.45) is 5.73 Å². The Hall–Kier alpha value is -1.85. The van der Waals surface area contributed by atoms with E-state index < -0.39 is 0 Å². The fourth-order valence-electron chi connectivity index (χ4n) is 3.38. The third-order valence-electron chi connectivity index (χ3n) is 4.70. The van der Waals surface area contributed by atoms with E-state index in [0.717, 1.165) is 30.6 Å². The molecule has 0 fully saturated rings. The van der Waals surface area contributed by atoms with E-state index in [9.17, 15) is 4.79 Å². The number of hydrogen-bond donors (Lipinski definition) is 2. The van der Waals surface area contributed by atoms with Crippen LogP contribution < -0.4 is 11.1 Å². The van der Waals surface area contributed by atoms with Crippen LogP contribution in [-0.2, 0) is 11.2 Å². The lowest BCUT2D eigenvalue weighted by Crippen LogP contribution is -2.24. The average molecular weight is 363 g/mol. The number of hydrogen-bond acceptors (Lipinski definition) is 3. The number of aromatic nitrogens is 2. The fourth-order valence-corrected chi connectivity index (χ4v) is 3.38. The molecule has 0 saturated carbocycles. The van der Waals surface area contributed by atoms with Crippen molar-refractivity contribution in [3.63, 3.8) is 0 Å². The van der Waals surface area contributed by atoms with Gasteiger partial charge in [0.15, 0.2) is 0 Å². The number of rotatable bonds is 5. The fraction of sp³-hybridized carbons (Fsp3) is 0.474. The number of nitrogens with zero attached hydrogens (tertiary/aromatic N) is 2. The first-order valence-corrected chi connectivity index (χ1v) is 8.73. The van der Waals surface area contributed by atoms with Crippen LogP contribution in [0, 0.1) is 6.92 Å². The second-order valence-electron chi connectivity index (χ2n) is 6.79. The normalized spacial score (nSPS) is 17.3. The van der Waals surface area contributed by atoms with Crippen molar-refractivity contribution in [1.82, 2.24) is 9.78 Å². The molecule has 1 aromatic heterocycles. The van der Waals surface area contributed by atoms with Crippen LogP contribution in [0.2, 0.25) is 0 Å². The van der Waals surface area contributed by atoms with Gasteiger partial charge in [0.2, 0.25) is 5.91 Å². The largest absolute Gasteiger partial charge is 0.328 e. The van der Waals surface area contributed by atoms with E-state index >= 15 is 0 Å². The minimum Gasteiger partial charge on any atom is -0.328 e. The molecule has 1 heterocycles. The molecule has 136 valence electrons. The number of anilines is 1. The first-order valence-electron chi connectivity index (χ1n) is 8.73. The van der Waals surface area contributed by atoms with E-state index in [2.05, 4.69) is 34.7 Å². The summed E-state index contributed by atoms with van der Waals surface area (Å²) in [6.45, 7) is 3.90. The minimum absolute atomic E-state index is 0. The maximum absolute atomic E-state index is 12.2. The van der Waals surface area contributed by atoms with Crippen molar-refractivity contribution in [1.29, 1.82) is 0 Å². The molecule has 3 N–H and O–H groups in total. The van der Waals surface area contributed by atoms with Crippen LogP contribution in [-0.4, -0.2) is 21.7 Å². The lowest BCUT2D eigenvalue weighted by Gasteiger charge is -2.27. The van der Waals surface area contributed by atoms with Crippen LogP contribution in [0.4, 0.5) is 5.82 Å². The van der Waals surface area contributed by atoms with Crippen LogP contribution in [0.15, 0.2) is 30.5 Å². The number of amides is 1. The van der Waals surface area contributed by atoms with Crippen LogP contribution in [0.1, 0.15) is 55.3 Å². The quantitative estimate of drug-likeness (QED) is 0.853. The zero-order valence-electron chi connectivity index (χ0n) is 14.9. The van der Waals surface area contributed by atoms with Gasteiger partial charge in [-0.05, 0) is 50.7 Å². The summed E-state index contributed by atoms with van der Waals surface area (Å²) in [5.74, 6) is 0.813.